The van der Waals surface area contributed by atoms with E-state index in [0.29, 0.717) is 6.54 Å². The zero-order chi connectivity index (χ0) is 13.1. The zero-order valence-electron chi connectivity index (χ0n) is 10.2. The molecule has 1 heterocycles. The predicted octanol–water partition coefficient (Wildman–Crippen LogP) is 1.23. The highest BCUT2D eigenvalue weighted by atomic mass is 16.4. The van der Waals surface area contributed by atoms with Gasteiger partial charge in [0.2, 0.25) is 5.91 Å². The number of β-lactam (4-membered cyclic amide) rings is 1. The van der Waals surface area contributed by atoms with Gasteiger partial charge in [-0.2, -0.15) is 0 Å². The van der Waals surface area contributed by atoms with Gasteiger partial charge < -0.3 is 10.4 Å². The summed E-state index contributed by atoms with van der Waals surface area (Å²) in [7, 11) is 0. The van der Waals surface area contributed by atoms with Crippen LogP contribution in [0.25, 0.3) is 0 Å². The third-order valence-electron chi connectivity index (χ3n) is 3.18. The van der Waals surface area contributed by atoms with Crippen LogP contribution in [0.2, 0.25) is 0 Å². The number of hydrogen-bond donors (Lipinski definition) is 2. The summed E-state index contributed by atoms with van der Waals surface area (Å²) in [6, 6.07) is 7.23. The lowest BCUT2D eigenvalue weighted by Crippen LogP contribution is -2.62. The standard InChI is InChI=1S/C13H16N2O3/c1-2-9-3-5-10(6-4-9)8-15(13(17)18)11-7-14-12(11)16/h3-6,11H,2,7-8H2,1H3,(H,14,16)(H,17,18)/t11-/m0/s1. The van der Waals surface area contributed by atoms with Crippen molar-refractivity contribution in [3.63, 3.8) is 0 Å². The van der Waals surface area contributed by atoms with Crippen LogP contribution < -0.4 is 5.32 Å². The lowest BCUT2D eigenvalue weighted by atomic mass is 10.1. The molecule has 5 nitrogen and oxygen atoms in total. The molecular formula is C13H16N2O3. The Morgan fingerprint density at radius 3 is 2.39 bits per heavy atom. The normalized spacial score (nSPS) is 17.8. The number of rotatable bonds is 4. The van der Waals surface area contributed by atoms with E-state index in [-0.39, 0.29) is 12.5 Å². The van der Waals surface area contributed by atoms with Gasteiger partial charge in [0.05, 0.1) is 0 Å². The summed E-state index contributed by atoms with van der Waals surface area (Å²) < 4.78 is 0. The fraction of sp³-hybridized carbons (Fsp3) is 0.385. The van der Waals surface area contributed by atoms with E-state index in [1.54, 1.807) is 0 Å². The molecule has 0 aromatic heterocycles. The van der Waals surface area contributed by atoms with E-state index in [1.807, 2.05) is 24.3 Å². The molecule has 0 aliphatic carbocycles. The predicted molar refractivity (Wildman–Crippen MR) is 66.2 cm³/mol. The van der Waals surface area contributed by atoms with Gasteiger partial charge in [-0.3, -0.25) is 9.69 Å². The Labute approximate surface area is 105 Å². The van der Waals surface area contributed by atoms with E-state index in [2.05, 4.69) is 12.2 Å². The van der Waals surface area contributed by atoms with Crippen molar-refractivity contribution in [3.05, 3.63) is 35.4 Å². The summed E-state index contributed by atoms with van der Waals surface area (Å²) in [6.45, 7) is 2.72. The maximum absolute atomic E-state index is 11.3. The molecule has 1 aromatic rings. The highest BCUT2D eigenvalue weighted by Gasteiger charge is 2.36. The van der Waals surface area contributed by atoms with Gasteiger partial charge in [0.1, 0.15) is 6.04 Å². The molecule has 1 fully saturated rings. The average molecular weight is 248 g/mol. The first-order chi connectivity index (χ1) is 8.61. The molecule has 96 valence electrons. The Kier molecular flexibility index (Phi) is 3.50. The topological polar surface area (TPSA) is 69.6 Å². The molecule has 0 spiro atoms. The molecule has 5 heteroatoms. The van der Waals surface area contributed by atoms with Gasteiger partial charge in [-0.25, -0.2) is 4.79 Å². The first-order valence-corrected chi connectivity index (χ1v) is 5.97. The number of carbonyl (C=O) groups is 2. The third-order valence-corrected chi connectivity index (χ3v) is 3.18. The summed E-state index contributed by atoms with van der Waals surface area (Å²) in [5.41, 5.74) is 2.11. The largest absolute Gasteiger partial charge is 0.465 e. The highest BCUT2D eigenvalue weighted by molar-refractivity contribution is 5.90. The molecular weight excluding hydrogens is 232 g/mol. The Hall–Kier alpha value is -2.04. The minimum absolute atomic E-state index is 0.220. The second-order valence-electron chi connectivity index (χ2n) is 4.34. The van der Waals surface area contributed by atoms with Crippen molar-refractivity contribution in [1.29, 1.82) is 0 Å². The molecule has 2 rings (SSSR count). The number of amides is 2. The van der Waals surface area contributed by atoms with E-state index >= 15 is 0 Å². The lowest BCUT2D eigenvalue weighted by Gasteiger charge is -2.34. The lowest BCUT2D eigenvalue weighted by molar-refractivity contribution is -0.132. The fourth-order valence-electron chi connectivity index (χ4n) is 1.92. The Morgan fingerprint density at radius 2 is 2.00 bits per heavy atom. The number of hydrogen-bond acceptors (Lipinski definition) is 2. The zero-order valence-corrected chi connectivity index (χ0v) is 10.2. The van der Waals surface area contributed by atoms with Crippen molar-refractivity contribution in [2.45, 2.75) is 25.9 Å². The highest BCUT2D eigenvalue weighted by Crippen LogP contribution is 2.13. The Bertz CT molecular complexity index is 456. The maximum atomic E-state index is 11.3. The monoisotopic (exact) mass is 248 g/mol. The van der Waals surface area contributed by atoms with Crippen LogP contribution in [0.5, 0.6) is 0 Å². The number of nitrogens with zero attached hydrogens (tertiary/aromatic N) is 1. The van der Waals surface area contributed by atoms with E-state index in [4.69, 9.17) is 5.11 Å². The van der Waals surface area contributed by atoms with Gasteiger partial charge in [0.25, 0.3) is 0 Å². The fourth-order valence-corrected chi connectivity index (χ4v) is 1.92. The van der Waals surface area contributed by atoms with E-state index in [0.717, 1.165) is 12.0 Å². The summed E-state index contributed by atoms with van der Waals surface area (Å²) >= 11 is 0. The van der Waals surface area contributed by atoms with Crippen LogP contribution in [0.1, 0.15) is 18.1 Å². The summed E-state index contributed by atoms with van der Waals surface area (Å²) in [5.74, 6) is -0.220. The van der Waals surface area contributed by atoms with Gasteiger partial charge in [0, 0.05) is 13.1 Å². The maximum Gasteiger partial charge on any atom is 0.408 e. The second kappa shape index (κ2) is 5.08. The van der Waals surface area contributed by atoms with Crippen LogP contribution in [0.15, 0.2) is 24.3 Å². The SMILES string of the molecule is CCc1ccc(CN(C(=O)O)[C@H]2CNC2=O)cc1. The van der Waals surface area contributed by atoms with E-state index < -0.39 is 12.1 Å². The third kappa shape index (κ3) is 2.45. The second-order valence-corrected chi connectivity index (χ2v) is 4.34. The molecule has 1 aliphatic rings. The molecule has 1 aromatic carbocycles. The first-order valence-electron chi connectivity index (χ1n) is 5.97. The number of carboxylic acid groups (broad SMARTS) is 1. The average Bonchev–Trinajstić information content (AvgIpc) is 2.37. The van der Waals surface area contributed by atoms with Crippen LogP contribution in [0.3, 0.4) is 0 Å². The smallest absolute Gasteiger partial charge is 0.408 e. The van der Waals surface area contributed by atoms with Crippen molar-refractivity contribution in [3.8, 4) is 0 Å². The van der Waals surface area contributed by atoms with Gasteiger partial charge in [-0.15, -0.1) is 0 Å². The van der Waals surface area contributed by atoms with Gasteiger partial charge in [-0.05, 0) is 17.5 Å². The molecule has 2 N–H and O–H groups in total. The van der Waals surface area contributed by atoms with Crippen molar-refractivity contribution in [2.75, 3.05) is 6.54 Å². The van der Waals surface area contributed by atoms with Crippen molar-refractivity contribution >= 4 is 12.0 Å². The summed E-state index contributed by atoms with van der Waals surface area (Å²) in [4.78, 5) is 23.6. The minimum Gasteiger partial charge on any atom is -0.465 e. The van der Waals surface area contributed by atoms with Gasteiger partial charge in [0.15, 0.2) is 0 Å². The molecule has 1 aliphatic heterocycles. The molecule has 18 heavy (non-hydrogen) atoms. The van der Waals surface area contributed by atoms with Gasteiger partial charge in [-0.1, -0.05) is 31.2 Å². The number of carbonyl (C=O) groups excluding carboxylic acids is 1. The van der Waals surface area contributed by atoms with Crippen molar-refractivity contribution in [2.24, 2.45) is 0 Å². The minimum atomic E-state index is -1.06. The van der Waals surface area contributed by atoms with E-state index in [9.17, 15) is 9.59 Å². The van der Waals surface area contributed by atoms with Crippen LogP contribution in [-0.4, -0.2) is 34.6 Å². The first kappa shape index (κ1) is 12.4. The van der Waals surface area contributed by atoms with Crippen LogP contribution in [-0.2, 0) is 17.8 Å². The quantitative estimate of drug-likeness (QED) is 0.787. The molecule has 0 unspecified atom stereocenters. The number of benzene rings is 1. The van der Waals surface area contributed by atoms with Crippen LogP contribution in [0, 0.1) is 0 Å². The van der Waals surface area contributed by atoms with Gasteiger partial charge >= 0.3 is 6.09 Å². The van der Waals surface area contributed by atoms with Crippen molar-refractivity contribution < 1.29 is 14.7 Å². The van der Waals surface area contributed by atoms with E-state index in [1.165, 1.54) is 10.5 Å². The Balaban J connectivity index is 2.08. The molecule has 0 saturated carbocycles. The van der Waals surface area contributed by atoms with Crippen LogP contribution in [0.4, 0.5) is 4.79 Å². The molecule has 0 bridgehead atoms. The molecule has 0 radical (unpaired) electrons. The molecule has 2 amide bonds. The van der Waals surface area contributed by atoms with Crippen molar-refractivity contribution in [1.82, 2.24) is 10.2 Å². The number of aryl methyl sites for hydroxylation is 1. The summed E-state index contributed by atoms with van der Waals surface area (Å²) in [6.07, 6.45) is -0.108. The molecule has 1 saturated heterocycles. The molecule has 1 atom stereocenters. The van der Waals surface area contributed by atoms with Crippen LogP contribution >= 0.6 is 0 Å². The number of nitrogens with one attached hydrogen (secondary N) is 1. The summed E-state index contributed by atoms with van der Waals surface area (Å²) in [5, 5.41) is 11.7. The Morgan fingerprint density at radius 1 is 1.39 bits per heavy atom.